The largest absolute Gasteiger partial charge is 0.508 e. The first-order valence-electron chi connectivity index (χ1n) is 4.65. The third-order valence-corrected chi connectivity index (χ3v) is 2.47. The molecule has 1 heterocycles. The minimum absolute atomic E-state index is 0.262. The summed E-state index contributed by atoms with van der Waals surface area (Å²) < 4.78 is 1.91. The Balaban J connectivity index is 2.53. The van der Waals surface area contributed by atoms with Gasteiger partial charge in [0.15, 0.2) is 6.20 Å². The van der Waals surface area contributed by atoms with Gasteiger partial charge in [0, 0.05) is 17.7 Å². The molecule has 0 aliphatic heterocycles. The maximum Gasteiger partial charge on any atom is 0.223 e. The molecule has 15 heavy (non-hydrogen) atoms. The monoisotopic (exact) mass is 220 g/mol. The third kappa shape index (κ3) is 2.10. The number of halogens is 1. The molecule has 0 amide bonds. The van der Waals surface area contributed by atoms with Crippen molar-refractivity contribution in [3.63, 3.8) is 0 Å². The van der Waals surface area contributed by atoms with Crippen molar-refractivity contribution in [2.45, 2.75) is 6.00 Å². The van der Waals surface area contributed by atoms with E-state index in [1.807, 2.05) is 41.1 Å². The number of rotatable bonds is 2. The van der Waals surface area contributed by atoms with Crippen LogP contribution in [0, 0.1) is 0 Å². The van der Waals surface area contributed by atoms with E-state index in [2.05, 4.69) is 0 Å². The van der Waals surface area contributed by atoms with Crippen LogP contribution in [0.3, 0.4) is 0 Å². The van der Waals surface area contributed by atoms with Gasteiger partial charge in [-0.05, 0) is 24.3 Å². The number of phenols is 1. The first-order valence-corrected chi connectivity index (χ1v) is 5.18. The minimum Gasteiger partial charge on any atom is -0.508 e. The highest BCUT2D eigenvalue weighted by atomic mass is 35.5. The first-order chi connectivity index (χ1) is 7.31. The summed E-state index contributed by atoms with van der Waals surface area (Å²) in [5, 5.41) is 9.40. The number of hydrogen-bond donors (Lipinski definition) is 1. The van der Waals surface area contributed by atoms with Crippen LogP contribution in [0.25, 0.3) is 11.3 Å². The number of alkyl halides is 1. The molecule has 2 aromatic rings. The zero-order valence-corrected chi connectivity index (χ0v) is 8.85. The highest BCUT2D eigenvalue weighted by molar-refractivity contribution is 6.14. The summed E-state index contributed by atoms with van der Waals surface area (Å²) in [4.78, 5) is 0. The predicted molar refractivity (Wildman–Crippen MR) is 59.6 cm³/mol. The van der Waals surface area contributed by atoms with Gasteiger partial charge in [-0.1, -0.05) is 17.7 Å². The Hall–Kier alpha value is -1.54. The van der Waals surface area contributed by atoms with E-state index in [0.29, 0.717) is 6.00 Å². The molecule has 0 bridgehead atoms. The van der Waals surface area contributed by atoms with Gasteiger partial charge < -0.3 is 5.11 Å². The minimum atomic E-state index is 0.262. The van der Waals surface area contributed by atoms with Crippen LogP contribution in [-0.4, -0.2) is 5.11 Å². The van der Waals surface area contributed by atoms with Gasteiger partial charge in [-0.25, -0.2) is 0 Å². The summed E-state index contributed by atoms with van der Waals surface area (Å²) in [6, 6.07) is 13.4. The van der Waals surface area contributed by atoms with Crippen LogP contribution in [0.1, 0.15) is 0 Å². The highest BCUT2D eigenvalue weighted by Gasteiger charge is 2.10. The number of benzene rings is 1. The maximum atomic E-state index is 9.40. The van der Waals surface area contributed by atoms with E-state index in [4.69, 9.17) is 11.6 Å². The van der Waals surface area contributed by atoms with Gasteiger partial charge in [0.1, 0.15) is 5.75 Å². The van der Waals surface area contributed by atoms with E-state index in [0.717, 1.165) is 11.3 Å². The van der Waals surface area contributed by atoms with Gasteiger partial charge >= 0.3 is 0 Å². The van der Waals surface area contributed by atoms with Gasteiger partial charge in [-0.15, -0.1) is 0 Å². The molecule has 0 unspecified atom stereocenters. The Labute approximate surface area is 93.4 Å². The number of aromatic nitrogens is 1. The van der Waals surface area contributed by atoms with Crippen LogP contribution in [0.4, 0.5) is 0 Å². The van der Waals surface area contributed by atoms with Crippen molar-refractivity contribution in [2.75, 3.05) is 0 Å². The van der Waals surface area contributed by atoms with Gasteiger partial charge in [0.2, 0.25) is 11.7 Å². The number of phenolic OH excluding ortho intramolecular Hbond substituents is 1. The summed E-state index contributed by atoms with van der Waals surface area (Å²) in [5.74, 6) is 0.262. The Morgan fingerprint density at radius 2 is 2.00 bits per heavy atom. The average Bonchev–Trinajstić information content (AvgIpc) is 2.29. The summed E-state index contributed by atoms with van der Waals surface area (Å²) in [5.41, 5.74) is 1.94. The molecule has 0 saturated carbocycles. The van der Waals surface area contributed by atoms with Gasteiger partial charge in [0.05, 0.1) is 0 Å². The smallest absolute Gasteiger partial charge is 0.223 e. The Morgan fingerprint density at radius 3 is 2.73 bits per heavy atom. The van der Waals surface area contributed by atoms with Gasteiger partial charge in [-0.3, -0.25) is 0 Å². The second kappa shape index (κ2) is 4.32. The number of nitrogens with zero attached hydrogens (tertiary/aromatic N) is 1. The molecule has 1 N–H and O–H groups in total. The second-order valence-electron chi connectivity index (χ2n) is 3.23. The van der Waals surface area contributed by atoms with Gasteiger partial charge in [-0.2, -0.15) is 4.57 Å². The van der Waals surface area contributed by atoms with Crippen molar-refractivity contribution >= 4 is 11.6 Å². The SMILES string of the molecule is Oc1cccc(-c2cccc[n+]2CCl)c1. The van der Waals surface area contributed by atoms with Crippen LogP contribution in [-0.2, 0) is 6.00 Å². The van der Waals surface area contributed by atoms with E-state index in [9.17, 15) is 5.11 Å². The van der Waals surface area contributed by atoms with Crippen LogP contribution >= 0.6 is 11.6 Å². The van der Waals surface area contributed by atoms with Crippen molar-refractivity contribution < 1.29 is 9.67 Å². The van der Waals surface area contributed by atoms with E-state index < -0.39 is 0 Å². The van der Waals surface area contributed by atoms with Crippen LogP contribution < -0.4 is 4.57 Å². The molecule has 0 aliphatic rings. The molecule has 3 heteroatoms. The quantitative estimate of drug-likeness (QED) is 0.611. The van der Waals surface area contributed by atoms with Crippen molar-refractivity contribution in [2.24, 2.45) is 0 Å². The fourth-order valence-corrected chi connectivity index (χ4v) is 1.72. The Kier molecular flexibility index (Phi) is 2.88. The molecule has 0 fully saturated rings. The summed E-state index contributed by atoms with van der Waals surface area (Å²) in [6.45, 7) is 0. The van der Waals surface area contributed by atoms with Crippen LogP contribution in [0.5, 0.6) is 5.75 Å². The predicted octanol–water partition coefficient (Wildman–Crippen LogP) is 2.54. The van der Waals surface area contributed by atoms with E-state index in [-0.39, 0.29) is 5.75 Å². The van der Waals surface area contributed by atoms with E-state index in [1.54, 1.807) is 12.1 Å². The fourth-order valence-electron chi connectivity index (χ4n) is 1.51. The zero-order chi connectivity index (χ0) is 10.7. The number of hydrogen-bond acceptors (Lipinski definition) is 1. The molecular formula is C12H11ClNO+. The average molecular weight is 221 g/mol. The number of pyridine rings is 1. The third-order valence-electron chi connectivity index (χ3n) is 2.21. The lowest BCUT2D eigenvalue weighted by Crippen LogP contribution is -2.33. The van der Waals surface area contributed by atoms with Crippen LogP contribution in [0.15, 0.2) is 48.7 Å². The molecule has 1 aromatic heterocycles. The lowest BCUT2D eigenvalue weighted by Gasteiger charge is -2.01. The molecule has 0 saturated heterocycles. The lowest BCUT2D eigenvalue weighted by atomic mass is 10.1. The molecule has 2 nitrogen and oxygen atoms in total. The normalized spacial score (nSPS) is 10.2. The summed E-state index contributed by atoms with van der Waals surface area (Å²) in [6.07, 6.45) is 1.91. The lowest BCUT2D eigenvalue weighted by molar-refractivity contribution is -0.667. The van der Waals surface area contributed by atoms with Crippen molar-refractivity contribution in [1.82, 2.24) is 0 Å². The van der Waals surface area contributed by atoms with Crippen molar-refractivity contribution in [3.05, 3.63) is 48.7 Å². The molecule has 76 valence electrons. The molecule has 2 rings (SSSR count). The standard InChI is InChI=1S/C12H10ClNO/c13-9-14-7-2-1-6-12(14)10-4-3-5-11(15)8-10/h1-8H,9H2/p+1. The second-order valence-corrected chi connectivity index (χ2v) is 3.46. The van der Waals surface area contributed by atoms with E-state index in [1.165, 1.54) is 0 Å². The first kappa shape index (κ1) is 9.99. The van der Waals surface area contributed by atoms with Gasteiger partial charge in [0.25, 0.3) is 0 Å². The fraction of sp³-hybridized carbons (Fsp3) is 0.0833. The number of aromatic hydroxyl groups is 1. The molecular weight excluding hydrogens is 210 g/mol. The summed E-state index contributed by atoms with van der Waals surface area (Å²) >= 11 is 5.82. The Bertz CT molecular complexity index is 471. The zero-order valence-electron chi connectivity index (χ0n) is 8.10. The maximum absolute atomic E-state index is 9.40. The molecule has 1 aromatic carbocycles. The highest BCUT2D eigenvalue weighted by Crippen LogP contribution is 2.19. The molecule has 0 atom stereocenters. The molecule has 0 radical (unpaired) electrons. The summed E-state index contributed by atoms with van der Waals surface area (Å²) in [7, 11) is 0. The van der Waals surface area contributed by atoms with Crippen LogP contribution in [0.2, 0.25) is 0 Å². The Morgan fingerprint density at radius 1 is 1.13 bits per heavy atom. The molecule has 0 aliphatic carbocycles. The van der Waals surface area contributed by atoms with Crippen molar-refractivity contribution in [3.8, 4) is 17.0 Å². The topological polar surface area (TPSA) is 24.1 Å². The van der Waals surface area contributed by atoms with E-state index >= 15 is 0 Å². The van der Waals surface area contributed by atoms with Crippen molar-refractivity contribution in [1.29, 1.82) is 0 Å². The molecule has 0 spiro atoms.